The molecule has 0 spiro atoms. The highest BCUT2D eigenvalue weighted by Gasteiger charge is 2.19. The van der Waals surface area contributed by atoms with Crippen LogP contribution in [0, 0.1) is 13.8 Å². The Morgan fingerprint density at radius 2 is 2.00 bits per heavy atom. The van der Waals surface area contributed by atoms with Gasteiger partial charge in [-0.2, -0.15) is 0 Å². The van der Waals surface area contributed by atoms with Gasteiger partial charge >= 0.3 is 0 Å². The molecule has 0 aliphatic rings. The van der Waals surface area contributed by atoms with Crippen LogP contribution in [0.5, 0.6) is 0 Å². The highest BCUT2D eigenvalue weighted by atomic mass is 35.5. The predicted octanol–water partition coefficient (Wildman–Crippen LogP) is 4.99. The summed E-state index contributed by atoms with van der Waals surface area (Å²) in [6.07, 6.45) is 0. The number of thiazole rings is 1. The number of hydrogen-bond donors (Lipinski definition) is 1. The van der Waals surface area contributed by atoms with Crippen LogP contribution in [-0.2, 0) is 0 Å². The summed E-state index contributed by atoms with van der Waals surface area (Å²) in [5.74, 6) is 1.26. The first kappa shape index (κ1) is 17.5. The van der Waals surface area contributed by atoms with Crippen molar-refractivity contribution in [2.24, 2.45) is 0 Å². The van der Waals surface area contributed by atoms with E-state index in [0.29, 0.717) is 32.0 Å². The number of anilines is 2. The second-order valence-corrected chi connectivity index (χ2v) is 7.29. The highest BCUT2D eigenvalue weighted by Crippen LogP contribution is 2.32. The van der Waals surface area contributed by atoms with E-state index in [4.69, 9.17) is 16.0 Å². The number of halogens is 1. The molecule has 1 aromatic carbocycles. The number of nitrogens with zero attached hydrogens (tertiary/aromatic N) is 2. The Bertz CT molecular complexity index is 930. The molecule has 2 heterocycles. The number of benzene rings is 1. The number of amides is 1. The summed E-state index contributed by atoms with van der Waals surface area (Å²) in [6, 6.07) is 9.13. The minimum absolute atomic E-state index is 0.213. The molecular weight excluding hydrogens is 358 g/mol. The van der Waals surface area contributed by atoms with Gasteiger partial charge < -0.3 is 14.6 Å². The van der Waals surface area contributed by atoms with E-state index >= 15 is 0 Å². The van der Waals surface area contributed by atoms with Gasteiger partial charge in [-0.3, -0.25) is 4.79 Å². The molecule has 0 saturated carbocycles. The van der Waals surface area contributed by atoms with Crippen molar-refractivity contribution in [3.8, 4) is 10.8 Å². The van der Waals surface area contributed by atoms with Gasteiger partial charge in [-0.15, -0.1) is 11.3 Å². The van der Waals surface area contributed by atoms with Crippen LogP contribution >= 0.6 is 22.9 Å². The Labute approximate surface area is 155 Å². The molecule has 130 valence electrons. The molecule has 0 fully saturated rings. The fourth-order valence-corrected chi connectivity index (χ4v) is 3.53. The van der Waals surface area contributed by atoms with Crippen LogP contribution < -0.4 is 10.2 Å². The number of aromatic nitrogens is 1. The van der Waals surface area contributed by atoms with Crippen molar-refractivity contribution in [1.82, 2.24) is 4.98 Å². The van der Waals surface area contributed by atoms with E-state index in [0.717, 1.165) is 11.4 Å². The molecule has 7 heteroatoms. The molecule has 5 nitrogen and oxygen atoms in total. The van der Waals surface area contributed by atoms with E-state index in [1.54, 1.807) is 12.1 Å². The van der Waals surface area contributed by atoms with Gasteiger partial charge in [-0.05, 0) is 44.2 Å². The van der Waals surface area contributed by atoms with Gasteiger partial charge in [0.05, 0.1) is 17.1 Å². The van der Waals surface area contributed by atoms with Gasteiger partial charge in [0.2, 0.25) is 0 Å². The third-order valence-electron chi connectivity index (χ3n) is 3.64. The number of carbonyl (C=O) groups excluding carboxylic acids is 1. The third-order valence-corrected chi connectivity index (χ3v) is 5.05. The zero-order chi connectivity index (χ0) is 18.1. The van der Waals surface area contributed by atoms with Gasteiger partial charge in [0.1, 0.15) is 10.6 Å². The van der Waals surface area contributed by atoms with E-state index < -0.39 is 0 Å². The lowest BCUT2D eigenvalue weighted by molar-refractivity contribution is 0.103. The van der Waals surface area contributed by atoms with E-state index in [1.807, 2.05) is 51.0 Å². The van der Waals surface area contributed by atoms with Crippen molar-refractivity contribution < 1.29 is 9.21 Å². The van der Waals surface area contributed by atoms with Gasteiger partial charge in [-0.1, -0.05) is 11.6 Å². The lowest BCUT2D eigenvalue weighted by atomic mass is 10.2. The van der Waals surface area contributed by atoms with Gasteiger partial charge in [0.15, 0.2) is 10.8 Å². The molecule has 0 aliphatic carbocycles. The van der Waals surface area contributed by atoms with Crippen molar-refractivity contribution in [2.75, 3.05) is 24.3 Å². The Morgan fingerprint density at radius 3 is 2.64 bits per heavy atom. The van der Waals surface area contributed by atoms with Crippen molar-refractivity contribution in [2.45, 2.75) is 13.8 Å². The number of rotatable bonds is 4. The molecule has 0 saturated heterocycles. The van der Waals surface area contributed by atoms with Crippen LogP contribution in [-0.4, -0.2) is 25.0 Å². The molecular formula is C18H18ClN3O2S. The number of aryl methyl sites for hydroxylation is 2. The van der Waals surface area contributed by atoms with E-state index in [1.165, 1.54) is 11.3 Å². The maximum absolute atomic E-state index is 12.7. The number of carbonyl (C=O) groups is 1. The molecule has 1 N–H and O–H groups in total. The van der Waals surface area contributed by atoms with Crippen molar-refractivity contribution in [1.29, 1.82) is 0 Å². The predicted molar refractivity (Wildman–Crippen MR) is 103 cm³/mol. The molecule has 25 heavy (non-hydrogen) atoms. The average Bonchev–Trinajstić information content (AvgIpc) is 3.13. The molecule has 0 atom stereocenters. The van der Waals surface area contributed by atoms with Gasteiger partial charge in [0.25, 0.3) is 5.91 Å². The van der Waals surface area contributed by atoms with Crippen LogP contribution in [0.3, 0.4) is 0 Å². The Kier molecular flexibility index (Phi) is 4.83. The summed E-state index contributed by atoms with van der Waals surface area (Å²) in [5.41, 5.74) is 2.20. The molecule has 3 aromatic rings. The standard InChI is InChI=1S/C18H18ClN3O2S/c1-10-5-8-15(24-10)18-20-11(2)16(25-18)17(23)21-13-9-12(19)6-7-14(13)22(3)4/h5-9H,1-4H3,(H,21,23). The lowest BCUT2D eigenvalue weighted by Gasteiger charge is -2.18. The van der Waals surface area contributed by atoms with Crippen LogP contribution in [0.2, 0.25) is 5.02 Å². The van der Waals surface area contributed by atoms with Crippen LogP contribution in [0.1, 0.15) is 21.1 Å². The first-order valence-electron chi connectivity index (χ1n) is 7.67. The van der Waals surface area contributed by atoms with Crippen LogP contribution in [0.25, 0.3) is 10.8 Å². The first-order valence-corrected chi connectivity index (χ1v) is 8.87. The Morgan fingerprint density at radius 1 is 1.24 bits per heavy atom. The Balaban J connectivity index is 1.90. The monoisotopic (exact) mass is 375 g/mol. The normalized spacial score (nSPS) is 10.8. The zero-order valence-electron chi connectivity index (χ0n) is 14.4. The van der Waals surface area contributed by atoms with Gasteiger partial charge in [0, 0.05) is 19.1 Å². The second kappa shape index (κ2) is 6.90. The summed E-state index contributed by atoms with van der Waals surface area (Å²) < 4.78 is 5.59. The molecule has 0 unspecified atom stereocenters. The van der Waals surface area contributed by atoms with E-state index in [2.05, 4.69) is 10.3 Å². The molecule has 1 amide bonds. The number of hydrogen-bond acceptors (Lipinski definition) is 5. The number of furan rings is 1. The molecule has 3 rings (SSSR count). The molecule has 0 aliphatic heterocycles. The topological polar surface area (TPSA) is 58.4 Å². The molecule has 2 aromatic heterocycles. The smallest absolute Gasteiger partial charge is 0.267 e. The summed E-state index contributed by atoms with van der Waals surface area (Å²) in [5, 5.41) is 4.19. The minimum Gasteiger partial charge on any atom is -0.459 e. The van der Waals surface area contributed by atoms with E-state index in [9.17, 15) is 4.79 Å². The number of nitrogens with one attached hydrogen (secondary N) is 1. The maximum atomic E-state index is 12.7. The van der Waals surface area contributed by atoms with Crippen LogP contribution in [0.4, 0.5) is 11.4 Å². The lowest BCUT2D eigenvalue weighted by Crippen LogP contribution is -2.16. The fraction of sp³-hybridized carbons (Fsp3) is 0.222. The average molecular weight is 376 g/mol. The Hall–Kier alpha value is -2.31. The van der Waals surface area contributed by atoms with Crippen LogP contribution in [0.15, 0.2) is 34.7 Å². The highest BCUT2D eigenvalue weighted by molar-refractivity contribution is 7.17. The maximum Gasteiger partial charge on any atom is 0.267 e. The fourth-order valence-electron chi connectivity index (χ4n) is 2.44. The largest absolute Gasteiger partial charge is 0.459 e. The van der Waals surface area contributed by atoms with Crippen molar-refractivity contribution in [3.63, 3.8) is 0 Å². The molecule has 0 bridgehead atoms. The van der Waals surface area contributed by atoms with Crippen molar-refractivity contribution >= 4 is 40.2 Å². The molecule has 0 radical (unpaired) electrons. The zero-order valence-corrected chi connectivity index (χ0v) is 16.0. The second-order valence-electron chi connectivity index (χ2n) is 5.85. The summed E-state index contributed by atoms with van der Waals surface area (Å²) in [6.45, 7) is 3.69. The quantitative estimate of drug-likeness (QED) is 0.697. The van der Waals surface area contributed by atoms with Gasteiger partial charge in [-0.25, -0.2) is 4.98 Å². The van der Waals surface area contributed by atoms with E-state index in [-0.39, 0.29) is 5.91 Å². The summed E-state index contributed by atoms with van der Waals surface area (Å²) in [4.78, 5) is 19.7. The SMILES string of the molecule is Cc1ccc(-c2nc(C)c(C(=O)Nc3cc(Cl)ccc3N(C)C)s2)o1. The first-order chi connectivity index (χ1) is 11.8. The van der Waals surface area contributed by atoms with Crippen molar-refractivity contribution in [3.05, 3.63) is 51.7 Å². The summed E-state index contributed by atoms with van der Waals surface area (Å²) in [7, 11) is 3.82. The third kappa shape index (κ3) is 3.70. The minimum atomic E-state index is -0.213. The summed E-state index contributed by atoms with van der Waals surface area (Å²) >= 11 is 7.38.